The molecule has 4 saturated carbocycles. The van der Waals surface area contributed by atoms with Crippen molar-refractivity contribution in [3.63, 3.8) is 0 Å². The first kappa shape index (κ1) is 28.3. The Hall–Kier alpha value is -3.47. The van der Waals surface area contributed by atoms with Crippen molar-refractivity contribution in [2.45, 2.75) is 69.3 Å². The first-order chi connectivity index (χ1) is 20.8. The average molecular weight is 626 g/mol. The van der Waals surface area contributed by atoms with E-state index in [0.29, 0.717) is 63.5 Å². The number of hydrogen-bond donors (Lipinski definition) is 1. The Bertz CT molecular complexity index is 1650. The highest BCUT2D eigenvalue weighted by atomic mass is 35.5. The number of carbonyl (C=O) groups is 1. The number of nitrogens with zero attached hydrogens (tertiary/aromatic N) is 4. The summed E-state index contributed by atoms with van der Waals surface area (Å²) in [5.41, 5.74) is 2.67. The average Bonchev–Trinajstić information content (AvgIpc) is 3.58. The summed E-state index contributed by atoms with van der Waals surface area (Å²) in [7, 11) is 1.53. The molecule has 4 aromatic rings. The van der Waals surface area contributed by atoms with Gasteiger partial charge in [0, 0.05) is 34.9 Å². The predicted octanol–water partition coefficient (Wildman–Crippen LogP) is 7.49. The molecule has 4 aliphatic rings. The van der Waals surface area contributed by atoms with Gasteiger partial charge in [0.25, 0.3) is 0 Å². The van der Waals surface area contributed by atoms with E-state index in [1.807, 2.05) is 0 Å². The molecule has 1 N–H and O–H groups in total. The number of halogens is 2. The van der Waals surface area contributed by atoms with Crippen LogP contribution in [0, 0.1) is 5.41 Å². The lowest BCUT2D eigenvalue weighted by Crippen LogP contribution is -2.46. The second-order valence-electron chi connectivity index (χ2n) is 12.0. The number of pyridine rings is 1. The van der Waals surface area contributed by atoms with Crippen LogP contribution in [0.3, 0.4) is 0 Å². The number of aromatic carboxylic acids is 1. The van der Waals surface area contributed by atoms with E-state index < -0.39 is 5.97 Å². The number of rotatable bonds is 10. The van der Waals surface area contributed by atoms with Crippen LogP contribution in [-0.2, 0) is 16.8 Å². The highest BCUT2D eigenvalue weighted by molar-refractivity contribution is 6.38. The van der Waals surface area contributed by atoms with Crippen molar-refractivity contribution in [3.05, 3.63) is 63.4 Å². The van der Waals surface area contributed by atoms with Crippen LogP contribution in [0.5, 0.6) is 5.75 Å². The maximum absolute atomic E-state index is 11.5. The van der Waals surface area contributed by atoms with Gasteiger partial charge in [0.2, 0.25) is 11.7 Å². The van der Waals surface area contributed by atoms with Gasteiger partial charge in [-0.3, -0.25) is 4.98 Å². The molecule has 4 aliphatic carbocycles. The molecule has 224 valence electrons. The van der Waals surface area contributed by atoms with Crippen LogP contribution in [0.15, 0.2) is 39.6 Å². The van der Waals surface area contributed by atoms with Gasteiger partial charge in [0.1, 0.15) is 17.2 Å². The van der Waals surface area contributed by atoms with E-state index in [0.717, 1.165) is 62.7 Å². The van der Waals surface area contributed by atoms with Crippen LogP contribution < -0.4 is 4.74 Å². The second kappa shape index (κ2) is 10.9. The van der Waals surface area contributed by atoms with Gasteiger partial charge in [-0.2, -0.15) is 4.98 Å². The number of hydrogen-bond acceptors (Lipinski definition) is 9. The summed E-state index contributed by atoms with van der Waals surface area (Å²) in [6, 6.07) is 4.62. The van der Waals surface area contributed by atoms with Crippen molar-refractivity contribution >= 4 is 29.2 Å². The van der Waals surface area contributed by atoms with E-state index >= 15 is 0 Å². The topological polar surface area (TPSA) is 134 Å². The van der Waals surface area contributed by atoms with Crippen molar-refractivity contribution in [2.24, 2.45) is 5.41 Å². The molecular weight excluding hydrogens is 595 g/mol. The van der Waals surface area contributed by atoms with Crippen molar-refractivity contribution < 1.29 is 28.4 Å². The third kappa shape index (κ3) is 5.09. The zero-order chi connectivity index (χ0) is 29.8. The van der Waals surface area contributed by atoms with Gasteiger partial charge in [0.15, 0.2) is 0 Å². The molecule has 0 saturated heterocycles. The maximum Gasteiger partial charge on any atom is 0.335 e. The number of benzene rings is 1. The molecule has 3 heterocycles. The summed E-state index contributed by atoms with van der Waals surface area (Å²) in [5.74, 6) is 1.62. The van der Waals surface area contributed by atoms with E-state index in [1.165, 1.54) is 19.2 Å². The van der Waals surface area contributed by atoms with E-state index in [4.69, 9.17) is 46.7 Å². The van der Waals surface area contributed by atoms with Crippen molar-refractivity contribution in [1.82, 2.24) is 20.3 Å². The molecule has 0 amide bonds. The first-order valence-corrected chi connectivity index (χ1v) is 15.2. The van der Waals surface area contributed by atoms with E-state index in [9.17, 15) is 9.90 Å². The molecular formula is C31H30Cl2N4O6. The van der Waals surface area contributed by atoms with Crippen LogP contribution in [0.25, 0.3) is 22.6 Å². The van der Waals surface area contributed by atoms with E-state index in [-0.39, 0.29) is 16.4 Å². The van der Waals surface area contributed by atoms with Crippen molar-refractivity contribution in [3.8, 4) is 28.4 Å². The zero-order valence-corrected chi connectivity index (χ0v) is 25.1. The Balaban J connectivity index is 1.05. The Morgan fingerprint density at radius 1 is 1.05 bits per heavy atom. The Morgan fingerprint density at radius 3 is 2.42 bits per heavy atom. The second-order valence-corrected chi connectivity index (χ2v) is 12.9. The van der Waals surface area contributed by atoms with Gasteiger partial charge in [-0.05, 0) is 75.0 Å². The summed E-state index contributed by atoms with van der Waals surface area (Å²) in [6.45, 7) is 1.00. The number of ether oxygens (including phenoxy) is 2. The van der Waals surface area contributed by atoms with E-state index in [1.54, 1.807) is 18.5 Å². The zero-order valence-electron chi connectivity index (χ0n) is 23.6. The Kier molecular flexibility index (Phi) is 7.18. The molecule has 0 radical (unpaired) electrons. The Labute approximate surface area is 257 Å². The number of aromatic nitrogens is 4. The standard InChI is InChI=1S/C31H30Cl2N4O6/c1-40-23-5-4-18(28(38)39)12-19(23)27-35-29(43-37-27)31-9-6-30(7-10-31,8-11-31)16-41-15-20-25(36-42-26(20)17-2-3-17)24-21(32)13-34-14-22(24)33/h4-5,12-14,17H,2-3,6-11,15-16H2,1H3,(H,38,39). The normalized spacial score (nSPS) is 23.0. The molecule has 1 aromatic carbocycles. The molecule has 0 aliphatic heterocycles. The van der Waals surface area contributed by atoms with Crippen molar-refractivity contribution in [1.29, 1.82) is 0 Å². The van der Waals surface area contributed by atoms with Gasteiger partial charge in [-0.25, -0.2) is 4.79 Å². The molecule has 43 heavy (non-hydrogen) atoms. The van der Waals surface area contributed by atoms with E-state index in [2.05, 4.69) is 15.3 Å². The highest BCUT2D eigenvalue weighted by Crippen LogP contribution is 2.58. The van der Waals surface area contributed by atoms with Crippen LogP contribution in [0.1, 0.15) is 84.9 Å². The van der Waals surface area contributed by atoms with Gasteiger partial charge in [0.05, 0.1) is 41.5 Å². The number of fused-ring (bicyclic) bond motifs is 3. The Morgan fingerprint density at radius 2 is 1.77 bits per heavy atom. The van der Waals surface area contributed by atoms with Crippen molar-refractivity contribution in [2.75, 3.05) is 13.7 Å². The smallest absolute Gasteiger partial charge is 0.335 e. The molecule has 0 spiro atoms. The molecule has 10 nitrogen and oxygen atoms in total. The van der Waals surface area contributed by atoms with Gasteiger partial charge >= 0.3 is 5.97 Å². The van der Waals surface area contributed by atoms with Crippen LogP contribution in [-0.4, -0.2) is 45.1 Å². The first-order valence-electron chi connectivity index (χ1n) is 14.4. The molecule has 2 bridgehead atoms. The lowest BCUT2D eigenvalue weighted by molar-refractivity contribution is -0.0499. The van der Waals surface area contributed by atoms with Gasteiger partial charge < -0.3 is 23.6 Å². The summed E-state index contributed by atoms with van der Waals surface area (Å²) in [6.07, 6.45) is 11.0. The summed E-state index contributed by atoms with van der Waals surface area (Å²) < 4.78 is 23.5. The third-order valence-electron chi connectivity index (χ3n) is 9.48. The minimum absolute atomic E-state index is 0.0761. The number of carboxylic acids is 1. The van der Waals surface area contributed by atoms with Crippen LogP contribution >= 0.6 is 23.2 Å². The maximum atomic E-state index is 11.5. The van der Waals surface area contributed by atoms with Gasteiger partial charge in [-0.15, -0.1) is 0 Å². The van der Waals surface area contributed by atoms with Crippen LogP contribution in [0.2, 0.25) is 10.0 Å². The third-order valence-corrected chi connectivity index (χ3v) is 10.1. The number of methoxy groups -OCH3 is 1. The molecule has 4 fully saturated rings. The fourth-order valence-corrected chi connectivity index (χ4v) is 7.24. The molecule has 3 aromatic heterocycles. The lowest BCUT2D eigenvalue weighted by Gasteiger charge is -2.51. The molecule has 0 atom stereocenters. The lowest BCUT2D eigenvalue weighted by atomic mass is 9.54. The molecule has 0 unspecified atom stereocenters. The summed E-state index contributed by atoms with van der Waals surface area (Å²) in [4.78, 5) is 20.4. The fourth-order valence-electron chi connectivity index (χ4n) is 6.70. The monoisotopic (exact) mass is 624 g/mol. The molecule has 8 rings (SSSR count). The minimum atomic E-state index is -1.03. The highest BCUT2D eigenvalue weighted by Gasteiger charge is 2.52. The van der Waals surface area contributed by atoms with Crippen LogP contribution in [0.4, 0.5) is 0 Å². The fraction of sp³-hybridized carbons (Fsp3) is 0.452. The molecule has 12 heteroatoms. The predicted molar refractivity (Wildman–Crippen MR) is 156 cm³/mol. The summed E-state index contributed by atoms with van der Waals surface area (Å²) >= 11 is 12.9. The minimum Gasteiger partial charge on any atom is -0.496 e. The summed E-state index contributed by atoms with van der Waals surface area (Å²) in [5, 5.41) is 18.9. The quantitative estimate of drug-likeness (QED) is 0.189. The largest absolute Gasteiger partial charge is 0.496 e. The number of carboxylic acid groups (broad SMARTS) is 1. The SMILES string of the molecule is COc1ccc(C(=O)O)cc1-c1noc(C23CCC(COCc4c(-c5c(Cl)cncc5Cl)noc4C4CC4)(CC2)CC3)n1. The van der Waals surface area contributed by atoms with Gasteiger partial charge in [-0.1, -0.05) is 33.5 Å².